The van der Waals surface area contributed by atoms with Crippen molar-refractivity contribution in [3.63, 3.8) is 0 Å². The van der Waals surface area contributed by atoms with E-state index >= 15 is 0 Å². The third-order valence-electron chi connectivity index (χ3n) is 2.95. The second-order valence-corrected chi connectivity index (χ2v) is 4.56. The minimum absolute atomic E-state index is 0.0622. The molecule has 1 amide bonds. The Balaban J connectivity index is 1.99. The molecule has 0 unspecified atom stereocenters. The Morgan fingerprint density at radius 3 is 2.00 bits per heavy atom. The highest BCUT2D eigenvalue weighted by molar-refractivity contribution is 5.94. The number of carbonyl (C=O) groups excluding carboxylic acids is 1. The molecule has 1 N–H and O–H groups in total. The second-order valence-electron chi connectivity index (χ2n) is 4.56. The van der Waals surface area contributed by atoms with Crippen LogP contribution in [0.15, 0.2) is 48.5 Å². The van der Waals surface area contributed by atoms with Gasteiger partial charge < -0.3 is 14.8 Å². The van der Waals surface area contributed by atoms with E-state index < -0.39 is 0 Å². The van der Waals surface area contributed by atoms with Gasteiger partial charge in [0.15, 0.2) is 0 Å². The lowest BCUT2D eigenvalue weighted by Crippen LogP contribution is -2.23. The third kappa shape index (κ3) is 4.24. The van der Waals surface area contributed by atoms with Gasteiger partial charge in [0.1, 0.15) is 17.2 Å². The zero-order valence-corrected chi connectivity index (χ0v) is 12.3. The molecule has 0 heterocycles. The van der Waals surface area contributed by atoms with Gasteiger partial charge in [0, 0.05) is 12.1 Å². The van der Waals surface area contributed by atoms with Crippen LogP contribution in [0.2, 0.25) is 0 Å². The quantitative estimate of drug-likeness (QED) is 0.881. The first-order valence-electron chi connectivity index (χ1n) is 6.93. The fraction of sp³-hybridized carbons (Fsp3) is 0.235. The van der Waals surface area contributed by atoms with Crippen LogP contribution in [-0.2, 0) is 0 Å². The fourth-order valence-corrected chi connectivity index (χ4v) is 1.79. The molecule has 0 saturated carbocycles. The highest BCUT2D eigenvalue weighted by Crippen LogP contribution is 2.23. The number of amides is 1. The lowest BCUT2D eigenvalue weighted by Gasteiger charge is -2.08. The summed E-state index contributed by atoms with van der Waals surface area (Å²) in [6, 6.07) is 14.4. The van der Waals surface area contributed by atoms with Crippen molar-refractivity contribution >= 4 is 5.91 Å². The molecular weight excluding hydrogens is 266 g/mol. The molecule has 4 heteroatoms. The summed E-state index contributed by atoms with van der Waals surface area (Å²) in [6.45, 7) is 2.70. The summed E-state index contributed by atoms with van der Waals surface area (Å²) in [4.78, 5) is 11.8. The molecule has 0 bridgehead atoms. The molecule has 0 aliphatic rings. The standard InChI is InChI=1S/C17H19NO3/c1-3-12-18-17(19)13-4-6-15(7-5-13)21-16-10-8-14(20-2)9-11-16/h4-11H,3,12H2,1-2H3,(H,18,19). The maximum absolute atomic E-state index is 11.8. The first-order chi connectivity index (χ1) is 10.2. The zero-order valence-electron chi connectivity index (χ0n) is 12.3. The molecule has 21 heavy (non-hydrogen) atoms. The molecule has 0 radical (unpaired) electrons. The fourth-order valence-electron chi connectivity index (χ4n) is 1.79. The normalized spacial score (nSPS) is 10.0. The van der Waals surface area contributed by atoms with Crippen molar-refractivity contribution in [1.82, 2.24) is 5.32 Å². The van der Waals surface area contributed by atoms with E-state index in [4.69, 9.17) is 9.47 Å². The molecule has 2 rings (SSSR count). The van der Waals surface area contributed by atoms with Crippen LogP contribution >= 0.6 is 0 Å². The topological polar surface area (TPSA) is 47.6 Å². The predicted octanol–water partition coefficient (Wildman–Crippen LogP) is 3.63. The minimum atomic E-state index is -0.0622. The molecule has 110 valence electrons. The van der Waals surface area contributed by atoms with Gasteiger partial charge in [0.25, 0.3) is 5.91 Å². The van der Waals surface area contributed by atoms with E-state index in [2.05, 4.69) is 5.32 Å². The third-order valence-corrected chi connectivity index (χ3v) is 2.95. The van der Waals surface area contributed by atoms with Gasteiger partial charge in [-0.15, -0.1) is 0 Å². The van der Waals surface area contributed by atoms with E-state index in [9.17, 15) is 4.79 Å². The number of benzene rings is 2. The van der Waals surface area contributed by atoms with Crippen LogP contribution in [0.25, 0.3) is 0 Å². The SMILES string of the molecule is CCCNC(=O)c1ccc(Oc2ccc(OC)cc2)cc1. The largest absolute Gasteiger partial charge is 0.497 e. The number of methoxy groups -OCH3 is 1. The average molecular weight is 285 g/mol. The van der Waals surface area contributed by atoms with Gasteiger partial charge in [0.05, 0.1) is 7.11 Å². The van der Waals surface area contributed by atoms with E-state index in [1.807, 2.05) is 31.2 Å². The maximum atomic E-state index is 11.8. The lowest BCUT2D eigenvalue weighted by atomic mass is 10.2. The van der Waals surface area contributed by atoms with E-state index in [0.29, 0.717) is 17.9 Å². The van der Waals surface area contributed by atoms with Crippen LogP contribution in [0, 0.1) is 0 Å². The highest BCUT2D eigenvalue weighted by Gasteiger charge is 2.05. The number of hydrogen-bond acceptors (Lipinski definition) is 3. The molecule has 0 spiro atoms. The molecule has 0 atom stereocenters. The Bertz CT molecular complexity index is 576. The average Bonchev–Trinajstić information content (AvgIpc) is 2.54. The molecule has 2 aromatic rings. The van der Waals surface area contributed by atoms with Crippen molar-refractivity contribution in [3.05, 3.63) is 54.1 Å². The maximum Gasteiger partial charge on any atom is 0.251 e. The van der Waals surface area contributed by atoms with E-state index in [1.165, 1.54) is 0 Å². The first-order valence-corrected chi connectivity index (χ1v) is 6.93. The Hall–Kier alpha value is -2.49. The lowest BCUT2D eigenvalue weighted by molar-refractivity contribution is 0.0953. The number of ether oxygens (including phenoxy) is 2. The van der Waals surface area contributed by atoms with E-state index in [-0.39, 0.29) is 5.91 Å². The van der Waals surface area contributed by atoms with Gasteiger partial charge in [-0.25, -0.2) is 0 Å². The van der Waals surface area contributed by atoms with Gasteiger partial charge in [-0.1, -0.05) is 6.92 Å². The van der Waals surface area contributed by atoms with Crippen LogP contribution in [0.3, 0.4) is 0 Å². The summed E-state index contributed by atoms with van der Waals surface area (Å²) in [5.74, 6) is 2.13. The van der Waals surface area contributed by atoms with Crippen molar-refractivity contribution in [2.45, 2.75) is 13.3 Å². The molecule has 4 nitrogen and oxygen atoms in total. The smallest absolute Gasteiger partial charge is 0.251 e. The van der Waals surface area contributed by atoms with Gasteiger partial charge in [-0.2, -0.15) is 0 Å². The first kappa shape index (κ1) is 14.9. The number of rotatable bonds is 6. The summed E-state index contributed by atoms with van der Waals surface area (Å²) in [7, 11) is 1.62. The van der Waals surface area contributed by atoms with Crippen LogP contribution in [0.5, 0.6) is 17.2 Å². The molecular formula is C17H19NO3. The van der Waals surface area contributed by atoms with Crippen LogP contribution < -0.4 is 14.8 Å². The van der Waals surface area contributed by atoms with Crippen LogP contribution in [0.4, 0.5) is 0 Å². The molecule has 2 aromatic carbocycles. The van der Waals surface area contributed by atoms with Gasteiger partial charge in [-0.05, 0) is 55.0 Å². The summed E-state index contributed by atoms with van der Waals surface area (Å²) in [6.07, 6.45) is 0.921. The molecule has 0 aromatic heterocycles. The van der Waals surface area contributed by atoms with Gasteiger partial charge in [-0.3, -0.25) is 4.79 Å². The van der Waals surface area contributed by atoms with Crippen LogP contribution in [0.1, 0.15) is 23.7 Å². The summed E-state index contributed by atoms with van der Waals surface area (Å²) in [5.41, 5.74) is 0.630. The molecule has 0 saturated heterocycles. The Morgan fingerprint density at radius 1 is 0.952 bits per heavy atom. The van der Waals surface area contributed by atoms with Gasteiger partial charge in [0.2, 0.25) is 0 Å². The van der Waals surface area contributed by atoms with E-state index in [0.717, 1.165) is 17.9 Å². The molecule has 0 aliphatic heterocycles. The minimum Gasteiger partial charge on any atom is -0.497 e. The van der Waals surface area contributed by atoms with Crippen molar-refractivity contribution in [2.24, 2.45) is 0 Å². The number of nitrogens with one attached hydrogen (secondary N) is 1. The predicted molar refractivity (Wildman–Crippen MR) is 82.1 cm³/mol. The highest BCUT2D eigenvalue weighted by atomic mass is 16.5. The van der Waals surface area contributed by atoms with Crippen molar-refractivity contribution in [1.29, 1.82) is 0 Å². The zero-order chi connectivity index (χ0) is 15.1. The van der Waals surface area contributed by atoms with Crippen molar-refractivity contribution < 1.29 is 14.3 Å². The summed E-state index contributed by atoms with van der Waals surface area (Å²) >= 11 is 0. The number of carbonyl (C=O) groups is 1. The van der Waals surface area contributed by atoms with E-state index in [1.54, 1.807) is 31.4 Å². The van der Waals surface area contributed by atoms with Crippen molar-refractivity contribution in [3.8, 4) is 17.2 Å². The second kappa shape index (κ2) is 7.33. The Kier molecular flexibility index (Phi) is 5.21. The molecule has 0 fully saturated rings. The Labute approximate surface area is 124 Å². The van der Waals surface area contributed by atoms with Gasteiger partial charge >= 0.3 is 0 Å². The van der Waals surface area contributed by atoms with Crippen molar-refractivity contribution in [2.75, 3.05) is 13.7 Å². The Morgan fingerprint density at radius 2 is 1.48 bits per heavy atom. The summed E-state index contributed by atoms with van der Waals surface area (Å²) in [5, 5.41) is 2.84. The summed E-state index contributed by atoms with van der Waals surface area (Å²) < 4.78 is 10.8. The number of hydrogen-bond donors (Lipinski definition) is 1. The monoisotopic (exact) mass is 285 g/mol. The van der Waals surface area contributed by atoms with Crippen LogP contribution in [-0.4, -0.2) is 19.6 Å². The molecule has 0 aliphatic carbocycles.